The molecule has 3 heterocycles. The second-order valence-electron chi connectivity index (χ2n) is 44.5. The summed E-state index contributed by atoms with van der Waals surface area (Å²) in [5.41, 5.74) is 49.4. The van der Waals surface area contributed by atoms with Crippen LogP contribution in [-0.2, 0) is 38.9 Å². The van der Waals surface area contributed by atoms with E-state index in [9.17, 15) is 0 Å². The van der Waals surface area contributed by atoms with Gasteiger partial charge in [0, 0.05) is 81.9 Å². The summed E-state index contributed by atoms with van der Waals surface area (Å²) in [6.07, 6.45) is 30.6. The Morgan fingerprint density at radius 3 is 1.18 bits per heavy atom. The molecule has 18 aromatic rings. The highest BCUT2D eigenvalue weighted by Crippen LogP contribution is 2.65. The van der Waals surface area contributed by atoms with Crippen molar-refractivity contribution in [3.05, 3.63) is 356 Å². The van der Waals surface area contributed by atoms with E-state index >= 15 is 0 Å². The first-order chi connectivity index (χ1) is 66.8. The zero-order chi connectivity index (χ0) is 93.2. The Morgan fingerprint density at radius 1 is 0.219 bits per heavy atom. The normalized spacial score (nSPS) is 15.8. The molecule has 6 aliphatic rings. The maximum Gasteiger partial charge on any atom is 0.143 e. The van der Waals surface area contributed by atoms with E-state index in [2.05, 4.69) is 356 Å². The molecule has 686 valence electrons. The zero-order valence-corrected chi connectivity index (χ0v) is 83.0. The maximum atomic E-state index is 7.57. The summed E-state index contributed by atoms with van der Waals surface area (Å²) < 4.78 is 21.3. The van der Waals surface area contributed by atoms with Crippen LogP contribution in [0.25, 0.3) is 166 Å². The Kier molecular flexibility index (Phi) is 21.6. The molecule has 0 bridgehead atoms. The molecule has 0 radical (unpaired) electrons. The lowest BCUT2D eigenvalue weighted by atomic mass is 9.69. The van der Waals surface area contributed by atoms with Crippen molar-refractivity contribution < 1.29 is 13.3 Å². The molecule has 3 nitrogen and oxygen atoms in total. The van der Waals surface area contributed by atoms with E-state index in [4.69, 9.17) is 13.3 Å². The Balaban J connectivity index is 0.646. The lowest BCUT2D eigenvalue weighted by Crippen LogP contribution is -2.26. The van der Waals surface area contributed by atoms with Gasteiger partial charge in [-0.05, 0) is 271 Å². The largest absolute Gasteiger partial charge is 0.456 e. The lowest BCUT2D eigenvalue weighted by Gasteiger charge is -2.34. The van der Waals surface area contributed by atoms with Gasteiger partial charge in [-0.1, -0.05) is 418 Å². The molecule has 137 heavy (non-hydrogen) atoms. The summed E-state index contributed by atoms with van der Waals surface area (Å²) in [5.74, 6) is -0.0165. The number of hydrogen-bond acceptors (Lipinski definition) is 3. The summed E-state index contributed by atoms with van der Waals surface area (Å²) in [4.78, 5) is 0. The van der Waals surface area contributed by atoms with Crippen molar-refractivity contribution in [1.29, 1.82) is 0 Å². The first-order valence-corrected chi connectivity index (χ1v) is 52.9. The molecule has 0 amide bonds. The van der Waals surface area contributed by atoms with Crippen LogP contribution in [0, 0.1) is 0 Å². The quantitative estimate of drug-likeness (QED) is 0.0407. The van der Waals surface area contributed by atoms with E-state index < -0.39 is 0 Å². The van der Waals surface area contributed by atoms with E-state index in [1.807, 2.05) is 0 Å². The molecule has 1 unspecified atom stereocenters. The third kappa shape index (κ3) is 13.6. The predicted molar refractivity (Wildman–Crippen MR) is 579 cm³/mol. The topological polar surface area (TPSA) is 39.4 Å². The molecular formula is C134H132O3. The highest BCUT2D eigenvalue weighted by Gasteiger charge is 2.50. The second kappa shape index (κ2) is 33.8. The van der Waals surface area contributed by atoms with Crippen LogP contribution in [-0.4, -0.2) is 0 Å². The van der Waals surface area contributed by atoms with Crippen molar-refractivity contribution in [3.63, 3.8) is 0 Å². The van der Waals surface area contributed by atoms with Crippen molar-refractivity contribution in [2.24, 2.45) is 0 Å². The fourth-order valence-electron chi connectivity index (χ4n) is 27.7. The third-order valence-corrected chi connectivity index (χ3v) is 35.1. The fraction of sp³-hybridized carbons (Fsp3) is 0.328. The van der Waals surface area contributed by atoms with Gasteiger partial charge >= 0.3 is 0 Å². The predicted octanol–water partition coefficient (Wildman–Crippen LogP) is 39.0. The molecule has 1 atom stereocenters. The number of para-hydroxylation sites is 3. The van der Waals surface area contributed by atoms with E-state index in [1.165, 1.54) is 322 Å². The van der Waals surface area contributed by atoms with Gasteiger partial charge in [0.05, 0.1) is 0 Å². The van der Waals surface area contributed by atoms with Gasteiger partial charge in [-0.25, -0.2) is 0 Å². The fourth-order valence-corrected chi connectivity index (χ4v) is 27.7. The van der Waals surface area contributed by atoms with Gasteiger partial charge in [0.2, 0.25) is 0 Å². The molecule has 3 aromatic heterocycles. The highest BCUT2D eigenvalue weighted by molar-refractivity contribution is 6.21. The lowest BCUT2D eigenvalue weighted by molar-refractivity contribution is 0.399. The van der Waals surface area contributed by atoms with Crippen molar-refractivity contribution in [2.75, 3.05) is 0 Å². The van der Waals surface area contributed by atoms with E-state index in [0.717, 1.165) is 76.6 Å². The molecule has 0 aliphatic heterocycles. The summed E-state index contributed by atoms with van der Waals surface area (Å²) >= 11 is 0. The molecule has 0 N–H and O–H groups in total. The molecule has 6 aliphatic carbocycles. The Labute approximate surface area is 812 Å². The average molecular weight is 1790 g/mol. The number of hydrogen-bond donors (Lipinski definition) is 0. The SMILES string of the molecule is CCCCCCCC1(CCCCCCC)c2ccccc2-c2ccc(-c3ccc4c(c3)C(C)(C)c3cc(-c5cc6c(c7c5oc5ccccc57)-c5ccc(CC(c7ccc8c(c7)C(C)(C)c7cc9c(cc7-8)C(C)(C)c7ccc8oc%10ccccc%10c8c7-9)c7ccc8c(c7)C(C)(C)c7cc(-c9ccccc9)c9oc%10ccccc%10c9c7-8)cc5C6(CCCCCCC)CCCCCCC)ccc3-4)cc21. The first kappa shape index (κ1) is 87.5. The Bertz CT molecular complexity index is 7850. The molecular weight excluding hydrogens is 1660 g/mol. The molecule has 0 spiro atoms. The first-order valence-electron chi connectivity index (χ1n) is 52.9. The van der Waals surface area contributed by atoms with Gasteiger partial charge in [0.1, 0.15) is 33.5 Å². The van der Waals surface area contributed by atoms with Crippen molar-refractivity contribution in [1.82, 2.24) is 0 Å². The van der Waals surface area contributed by atoms with Gasteiger partial charge in [-0.15, -0.1) is 0 Å². The number of unbranched alkanes of at least 4 members (excludes halogenated alkanes) is 16. The number of fused-ring (bicyclic) bond motifs is 30. The van der Waals surface area contributed by atoms with Crippen LogP contribution >= 0.6 is 0 Å². The second-order valence-corrected chi connectivity index (χ2v) is 44.5. The van der Waals surface area contributed by atoms with Crippen LogP contribution in [0.5, 0.6) is 0 Å². The maximum absolute atomic E-state index is 7.57. The van der Waals surface area contributed by atoms with Crippen molar-refractivity contribution in [3.8, 4) is 100 Å². The number of benzene rings is 15. The van der Waals surface area contributed by atoms with Crippen LogP contribution in [0.1, 0.15) is 327 Å². The Morgan fingerprint density at radius 2 is 0.591 bits per heavy atom. The summed E-state index contributed by atoms with van der Waals surface area (Å²) in [6.45, 7) is 29.3. The standard InChI is InChI=1S/C134H132O3/c1-13-17-21-25-40-68-133(69-41-26-22-18-14-2)105-50-36-32-46-90(105)93-62-56-86(75-114(93)133)85-55-61-91-92-63-58-89(78-108(92)130(7,8)107(91)74-85)102-80-116-122(126-99-49-35-39-53-119(99)137-128(102)126)96-60-54-83(73-113(96)134(116,70-42-27-23-19-15-3)71-43-28-24-20-16-4)72-100(88-59-65-95-110(77-88)132(11,12)115-79-101(84-44-30-29-31-45-84)127-125(121(95)115)98-48-34-38-52-118(98)136-127)87-57-64-94-103-81-112-104(82-111(103)131(9,10)109(94)76-87)123-106(129(112,5)6)66-67-120-124(123)97-47-33-37-51-117(97)135-120/h29-39,44-67,73-82,100H,13-28,40-43,68-72H2,1-12H3. The molecule has 0 saturated heterocycles. The molecule has 0 fully saturated rings. The van der Waals surface area contributed by atoms with Gasteiger partial charge in [0.15, 0.2) is 0 Å². The van der Waals surface area contributed by atoms with E-state index in [0.29, 0.717) is 0 Å². The van der Waals surface area contributed by atoms with Crippen LogP contribution in [0.2, 0.25) is 0 Å². The number of furan rings is 3. The molecule has 3 heteroatoms. The van der Waals surface area contributed by atoms with Gasteiger partial charge in [0.25, 0.3) is 0 Å². The summed E-state index contributed by atoms with van der Waals surface area (Å²) in [6, 6.07) is 108. The highest BCUT2D eigenvalue weighted by atomic mass is 16.3. The third-order valence-electron chi connectivity index (χ3n) is 35.1. The summed E-state index contributed by atoms with van der Waals surface area (Å²) in [7, 11) is 0. The van der Waals surface area contributed by atoms with Gasteiger partial charge < -0.3 is 13.3 Å². The van der Waals surface area contributed by atoms with E-state index in [1.54, 1.807) is 11.1 Å². The minimum atomic E-state index is -0.351. The van der Waals surface area contributed by atoms with Crippen LogP contribution in [0.4, 0.5) is 0 Å². The minimum absolute atomic E-state index is 0.0156. The number of rotatable bonds is 31. The molecule has 24 rings (SSSR count). The smallest absolute Gasteiger partial charge is 0.143 e. The van der Waals surface area contributed by atoms with Crippen LogP contribution in [0.15, 0.2) is 286 Å². The minimum Gasteiger partial charge on any atom is -0.456 e. The molecule has 0 saturated carbocycles. The van der Waals surface area contributed by atoms with Crippen LogP contribution < -0.4 is 0 Å². The van der Waals surface area contributed by atoms with Crippen molar-refractivity contribution >= 4 is 65.8 Å². The Hall–Kier alpha value is -12.3. The van der Waals surface area contributed by atoms with Crippen molar-refractivity contribution in [2.45, 2.75) is 282 Å². The van der Waals surface area contributed by atoms with Gasteiger partial charge in [-0.3, -0.25) is 0 Å². The van der Waals surface area contributed by atoms with Crippen LogP contribution in [0.3, 0.4) is 0 Å². The zero-order valence-electron chi connectivity index (χ0n) is 83.0. The van der Waals surface area contributed by atoms with E-state index in [-0.39, 0.29) is 38.4 Å². The molecule has 15 aromatic carbocycles. The summed E-state index contributed by atoms with van der Waals surface area (Å²) in [5, 5.41) is 7.26. The average Bonchev–Trinajstić information content (AvgIpc) is 1.53. The monoisotopic (exact) mass is 1790 g/mol. The van der Waals surface area contributed by atoms with Gasteiger partial charge in [-0.2, -0.15) is 0 Å².